The predicted molar refractivity (Wildman–Crippen MR) is 150 cm³/mol. The van der Waals surface area contributed by atoms with Gasteiger partial charge in [0.2, 0.25) is 0 Å². The monoisotopic (exact) mass is 552 g/mol. The molecule has 2 bridgehead atoms. The third-order valence-corrected chi connectivity index (χ3v) is 8.50. The Hall–Kier alpha value is -2.91. The minimum atomic E-state index is -1.77. The summed E-state index contributed by atoms with van der Waals surface area (Å²) in [7, 11) is -1.77. The molecule has 0 aliphatic carbocycles. The minimum Gasteiger partial charge on any atom is -0.447 e. The van der Waals surface area contributed by atoms with Gasteiger partial charge >= 0.3 is 13.2 Å². The van der Waals surface area contributed by atoms with Crippen LogP contribution in [0.15, 0.2) is 42.0 Å². The summed E-state index contributed by atoms with van der Waals surface area (Å²) in [6, 6.07) is 11.3. The standard InChI is InChI=1S/C29H41BN4O6/c1-20-17-33(18-21(2)40-20)28(3,4)15-23(16-31)26(35)34-24-10-12-29(34,13-11-24)19-39-27(36)32-25(30(37)38)14-22-8-6-5-7-9-22/h5-9,15,20-21,24-25,37-38H,10-14,17-19H2,1-4H3,(H,32,36)/t20-,21+,24?,25?,29?. The van der Waals surface area contributed by atoms with Gasteiger partial charge in [-0.25, -0.2) is 4.79 Å². The third-order valence-electron chi connectivity index (χ3n) is 8.50. The Bertz CT molecular complexity index is 1120. The quantitative estimate of drug-likeness (QED) is 0.241. The van der Waals surface area contributed by atoms with E-state index >= 15 is 0 Å². The second kappa shape index (κ2) is 12.3. The molecule has 4 rings (SSSR count). The maximum Gasteiger partial charge on any atom is 0.475 e. The van der Waals surface area contributed by atoms with Crippen LogP contribution in [0.5, 0.6) is 0 Å². The van der Waals surface area contributed by atoms with E-state index in [1.807, 2.05) is 58.0 Å². The number of fused-ring (bicyclic) bond motifs is 2. The highest BCUT2D eigenvalue weighted by Crippen LogP contribution is 2.47. The van der Waals surface area contributed by atoms with E-state index < -0.39 is 30.2 Å². The lowest BCUT2D eigenvalue weighted by molar-refractivity contribution is -0.132. The third kappa shape index (κ3) is 6.69. The van der Waals surface area contributed by atoms with Crippen molar-refractivity contribution in [2.45, 2.75) is 95.1 Å². The fourth-order valence-corrected chi connectivity index (χ4v) is 6.48. The zero-order valence-electron chi connectivity index (χ0n) is 23.9. The van der Waals surface area contributed by atoms with Crippen LogP contribution in [0.3, 0.4) is 0 Å². The molecule has 1 aromatic carbocycles. The van der Waals surface area contributed by atoms with E-state index in [9.17, 15) is 24.9 Å². The molecule has 3 saturated heterocycles. The van der Waals surface area contributed by atoms with Crippen molar-refractivity contribution in [2.24, 2.45) is 0 Å². The summed E-state index contributed by atoms with van der Waals surface area (Å²) in [5.41, 5.74) is -0.293. The Labute approximate surface area is 237 Å². The van der Waals surface area contributed by atoms with Crippen molar-refractivity contribution >= 4 is 19.1 Å². The molecule has 0 spiro atoms. The first-order valence-corrected chi connectivity index (χ1v) is 14.1. The number of nitrogens with one attached hydrogen (secondary N) is 1. The average Bonchev–Trinajstić information content (AvgIpc) is 3.45. The summed E-state index contributed by atoms with van der Waals surface area (Å²) < 4.78 is 11.4. The van der Waals surface area contributed by atoms with E-state index in [1.165, 1.54) is 0 Å². The molecule has 3 N–H and O–H groups in total. The lowest BCUT2D eigenvalue weighted by Crippen LogP contribution is -2.54. The molecular formula is C29H41BN4O6. The number of benzene rings is 1. The second-order valence-electron chi connectivity index (χ2n) is 12.0. The van der Waals surface area contributed by atoms with Gasteiger partial charge in [0.05, 0.1) is 23.7 Å². The predicted octanol–water partition coefficient (Wildman–Crippen LogP) is 2.20. The van der Waals surface area contributed by atoms with Crippen molar-refractivity contribution < 1.29 is 29.1 Å². The van der Waals surface area contributed by atoms with Crippen LogP contribution in [0, 0.1) is 11.3 Å². The van der Waals surface area contributed by atoms with Gasteiger partial charge in [-0.05, 0) is 71.4 Å². The van der Waals surface area contributed by atoms with Crippen LogP contribution in [0.2, 0.25) is 0 Å². The van der Waals surface area contributed by atoms with E-state index in [2.05, 4.69) is 16.3 Å². The second-order valence-corrected chi connectivity index (χ2v) is 12.0. The molecule has 0 aromatic heterocycles. The number of nitrogens with zero attached hydrogens (tertiary/aromatic N) is 3. The maximum atomic E-state index is 13.8. The Morgan fingerprint density at radius 2 is 1.85 bits per heavy atom. The summed E-state index contributed by atoms with van der Waals surface area (Å²) >= 11 is 0. The fourth-order valence-electron chi connectivity index (χ4n) is 6.48. The summed E-state index contributed by atoms with van der Waals surface area (Å²) in [5.74, 6) is -1.28. The lowest BCUT2D eigenvalue weighted by Gasteiger charge is -2.44. The zero-order valence-corrected chi connectivity index (χ0v) is 23.9. The first-order chi connectivity index (χ1) is 18.9. The fraction of sp³-hybridized carbons (Fsp3) is 0.621. The van der Waals surface area contributed by atoms with Crippen molar-refractivity contribution in [1.82, 2.24) is 15.1 Å². The van der Waals surface area contributed by atoms with Gasteiger partial charge in [-0.2, -0.15) is 5.26 Å². The number of rotatable bonds is 9. The molecule has 0 radical (unpaired) electrons. The first kappa shape index (κ1) is 30.1. The van der Waals surface area contributed by atoms with Crippen molar-refractivity contribution in [3.05, 3.63) is 47.5 Å². The molecule has 3 aliphatic heterocycles. The highest BCUT2D eigenvalue weighted by Gasteiger charge is 2.55. The largest absolute Gasteiger partial charge is 0.475 e. The summed E-state index contributed by atoms with van der Waals surface area (Å²) in [4.78, 5) is 30.5. The first-order valence-electron chi connectivity index (χ1n) is 14.1. The molecule has 10 nitrogen and oxygen atoms in total. The summed E-state index contributed by atoms with van der Waals surface area (Å²) in [5, 5.41) is 32.2. The minimum absolute atomic E-state index is 0.00690. The van der Waals surface area contributed by atoms with Crippen molar-refractivity contribution in [1.29, 1.82) is 5.26 Å². The molecule has 3 aliphatic rings. The highest BCUT2D eigenvalue weighted by atomic mass is 16.6. The molecule has 11 heteroatoms. The van der Waals surface area contributed by atoms with Gasteiger partial charge in [-0.1, -0.05) is 30.3 Å². The van der Waals surface area contributed by atoms with E-state index in [0.717, 1.165) is 18.4 Å². The van der Waals surface area contributed by atoms with Crippen LogP contribution in [0.1, 0.15) is 58.9 Å². The molecule has 40 heavy (non-hydrogen) atoms. The smallest absolute Gasteiger partial charge is 0.447 e. The van der Waals surface area contributed by atoms with E-state index in [4.69, 9.17) is 9.47 Å². The normalized spacial score (nSPS) is 27.7. The lowest BCUT2D eigenvalue weighted by atomic mass is 9.76. The van der Waals surface area contributed by atoms with Gasteiger partial charge < -0.3 is 29.7 Å². The number of alkyl carbamates (subject to hydrolysis) is 1. The number of morpholine rings is 1. The molecule has 3 fully saturated rings. The Kier molecular flexibility index (Phi) is 9.25. The number of amides is 2. The molecule has 0 saturated carbocycles. The van der Waals surface area contributed by atoms with Crippen molar-refractivity contribution in [3.8, 4) is 6.07 Å². The molecule has 1 aromatic rings. The van der Waals surface area contributed by atoms with Gasteiger partial charge in [0.1, 0.15) is 18.2 Å². The van der Waals surface area contributed by atoms with Crippen LogP contribution in [0.4, 0.5) is 4.79 Å². The van der Waals surface area contributed by atoms with E-state index in [1.54, 1.807) is 11.0 Å². The summed E-state index contributed by atoms with van der Waals surface area (Å²) in [6.07, 6.45) is 4.22. The number of nitriles is 1. The number of carbonyl (C=O) groups is 2. The van der Waals surface area contributed by atoms with Crippen LogP contribution in [-0.4, -0.2) is 93.9 Å². The van der Waals surface area contributed by atoms with Gasteiger partial charge in [-0.3, -0.25) is 9.69 Å². The van der Waals surface area contributed by atoms with Gasteiger partial charge in [0, 0.05) is 24.7 Å². The van der Waals surface area contributed by atoms with Gasteiger partial charge in [0.15, 0.2) is 0 Å². The SMILES string of the molecule is C[C@@H]1CN(C(C)(C)C=C(C#N)C(=O)N2C3CCC2(COC(=O)NC(Cc2ccccc2)B(O)O)CC3)C[C@H](C)O1. The van der Waals surface area contributed by atoms with Crippen LogP contribution in [-0.2, 0) is 20.7 Å². The number of carbonyl (C=O) groups excluding carboxylic acids is 2. The number of hydrogen-bond donors (Lipinski definition) is 3. The molecule has 2 amide bonds. The van der Waals surface area contributed by atoms with E-state index in [-0.39, 0.29) is 42.8 Å². The molecule has 216 valence electrons. The van der Waals surface area contributed by atoms with Crippen LogP contribution in [0.25, 0.3) is 0 Å². The van der Waals surface area contributed by atoms with Gasteiger partial charge in [0.25, 0.3) is 5.91 Å². The molecule has 3 atom stereocenters. The van der Waals surface area contributed by atoms with E-state index in [0.29, 0.717) is 25.9 Å². The number of hydrogen-bond acceptors (Lipinski definition) is 8. The molecule has 1 unspecified atom stereocenters. The summed E-state index contributed by atoms with van der Waals surface area (Å²) in [6.45, 7) is 9.43. The van der Waals surface area contributed by atoms with Crippen molar-refractivity contribution in [2.75, 3.05) is 19.7 Å². The topological polar surface area (TPSA) is 135 Å². The maximum absolute atomic E-state index is 13.8. The Morgan fingerprint density at radius 3 is 2.42 bits per heavy atom. The van der Waals surface area contributed by atoms with Crippen LogP contribution < -0.4 is 5.32 Å². The number of ether oxygens (including phenoxy) is 2. The van der Waals surface area contributed by atoms with Crippen LogP contribution >= 0.6 is 0 Å². The highest BCUT2D eigenvalue weighted by molar-refractivity contribution is 6.43. The Balaban J connectivity index is 1.43. The molecular weight excluding hydrogens is 511 g/mol. The zero-order chi connectivity index (χ0) is 29.1. The van der Waals surface area contributed by atoms with Gasteiger partial charge in [-0.15, -0.1) is 0 Å². The van der Waals surface area contributed by atoms with Crippen molar-refractivity contribution in [3.63, 3.8) is 0 Å². The molecule has 3 heterocycles. The average molecular weight is 552 g/mol. The Morgan fingerprint density at radius 1 is 1.23 bits per heavy atom.